The van der Waals surface area contributed by atoms with Crippen molar-refractivity contribution in [3.8, 4) is 0 Å². The Morgan fingerprint density at radius 3 is 2.62 bits per heavy atom. The highest BCUT2D eigenvalue weighted by atomic mass is 35.5. The van der Waals surface area contributed by atoms with Gasteiger partial charge in [-0.05, 0) is 34.9 Å². The highest BCUT2D eigenvalue weighted by Gasteiger charge is 2.22. The molecule has 0 radical (unpaired) electrons. The van der Waals surface area contributed by atoms with Crippen molar-refractivity contribution in [3.05, 3.63) is 88.7 Å². The van der Waals surface area contributed by atoms with Crippen molar-refractivity contribution < 1.29 is 4.74 Å². The van der Waals surface area contributed by atoms with E-state index in [1.54, 1.807) is 0 Å². The molecule has 0 bridgehead atoms. The highest BCUT2D eigenvalue weighted by Crippen LogP contribution is 2.24. The van der Waals surface area contributed by atoms with Crippen LogP contribution >= 0.6 is 11.6 Å². The number of aromatic nitrogens is 2. The molecule has 5 heteroatoms. The van der Waals surface area contributed by atoms with Crippen LogP contribution in [0, 0.1) is 0 Å². The van der Waals surface area contributed by atoms with Gasteiger partial charge in [-0.1, -0.05) is 48.0 Å². The summed E-state index contributed by atoms with van der Waals surface area (Å²) < 4.78 is 7.92. The molecule has 0 saturated carbocycles. The number of hydrogen-bond donors (Lipinski definition) is 0. The summed E-state index contributed by atoms with van der Waals surface area (Å²) in [6, 6.07) is 18.7. The van der Waals surface area contributed by atoms with E-state index in [-0.39, 0.29) is 6.10 Å². The number of hydrogen-bond acceptors (Lipinski definition) is 3. The molecule has 1 aliphatic heterocycles. The summed E-state index contributed by atoms with van der Waals surface area (Å²) >= 11 is 5.99. The Bertz CT molecular complexity index is 833. The number of ether oxygens (including phenoxy) is 1. The molecular weight excluding hydrogens is 346 g/mol. The summed E-state index contributed by atoms with van der Waals surface area (Å²) in [4.78, 5) is 2.45. The largest absolute Gasteiger partial charge is 0.371 e. The fraction of sp³-hybridized carbons (Fsp3) is 0.286. The van der Waals surface area contributed by atoms with Crippen LogP contribution in [0.1, 0.15) is 22.8 Å². The average molecular weight is 368 g/mol. The van der Waals surface area contributed by atoms with Crippen LogP contribution in [0.2, 0.25) is 5.02 Å². The molecule has 0 spiro atoms. The van der Waals surface area contributed by atoms with Gasteiger partial charge in [0.1, 0.15) is 0 Å². The van der Waals surface area contributed by atoms with Gasteiger partial charge in [0.2, 0.25) is 0 Å². The lowest BCUT2D eigenvalue weighted by molar-refractivity contribution is -0.0329. The first-order valence-electron chi connectivity index (χ1n) is 8.91. The molecule has 4 nitrogen and oxygen atoms in total. The van der Waals surface area contributed by atoms with Crippen LogP contribution in [-0.2, 0) is 17.8 Å². The van der Waals surface area contributed by atoms with Crippen LogP contribution < -0.4 is 0 Å². The van der Waals surface area contributed by atoms with Crippen molar-refractivity contribution in [2.45, 2.75) is 19.2 Å². The fourth-order valence-electron chi connectivity index (χ4n) is 3.39. The summed E-state index contributed by atoms with van der Waals surface area (Å²) in [5, 5.41) is 5.05. The second-order valence-corrected chi connectivity index (χ2v) is 7.11. The first-order valence-corrected chi connectivity index (χ1v) is 9.29. The number of rotatable bonds is 5. The SMILES string of the molecule is Clc1ccc([C@@H]2CN(Cc3cccc(Cn4cccn4)c3)CCO2)cc1. The van der Waals surface area contributed by atoms with Crippen LogP contribution in [0.25, 0.3) is 0 Å². The van der Waals surface area contributed by atoms with Crippen molar-refractivity contribution in [1.29, 1.82) is 0 Å². The lowest BCUT2D eigenvalue weighted by Crippen LogP contribution is -2.37. The average Bonchev–Trinajstić information content (AvgIpc) is 3.16. The van der Waals surface area contributed by atoms with Gasteiger partial charge in [0, 0.05) is 37.1 Å². The van der Waals surface area contributed by atoms with Gasteiger partial charge in [-0.2, -0.15) is 5.10 Å². The lowest BCUT2D eigenvalue weighted by Gasteiger charge is -2.33. The molecule has 2 heterocycles. The van der Waals surface area contributed by atoms with E-state index in [1.165, 1.54) is 16.7 Å². The first kappa shape index (κ1) is 17.3. The minimum atomic E-state index is 0.105. The van der Waals surface area contributed by atoms with Gasteiger partial charge in [-0.15, -0.1) is 0 Å². The van der Waals surface area contributed by atoms with Gasteiger partial charge in [0.15, 0.2) is 0 Å². The number of benzene rings is 2. The number of nitrogens with zero attached hydrogens (tertiary/aromatic N) is 3. The molecule has 1 saturated heterocycles. The van der Waals surface area contributed by atoms with E-state index >= 15 is 0 Å². The Labute approximate surface area is 159 Å². The van der Waals surface area contributed by atoms with Gasteiger partial charge in [-0.25, -0.2) is 0 Å². The topological polar surface area (TPSA) is 30.3 Å². The van der Waals surface area contributed by atoms with Gasteiger partial charge in [0.25, 0.3) is 0 Å². The van der Waals surface area contributed by atoms with E-state index in [2.05, 4.69) is 46.4 Å². The van der Waals surface area contributed by atoms with Gasteiger partial charge < -0.3 is 4.74 Å². The van der Waals surface area contributed by atoms with E-state index in [0.717, 1.165) is 37.8 Å². The molecule has 3 aromatic rings. The molecule has 1 atom stereocenters. The molecule has 4 rings (SSSR count). The monoisotopic (exact) mass is 367 g/mol. The standard InChI is InChI=1S/C21H22ClN3O/c22-20-7-5-19(6-8-20)21-16-24(11-12-26-21)14-17-3-1-4-18(13-17)15-25-10-2-9-23-25/h1-10,13,21H,11-12,14-16H2/t21-/m0/s1. The Kier molecular flexibility index (Phi) is 5.34. The van der Waals surface area contributed by atoms with Crippen LogP contribution in [0.4, 0.5) is 0 Å². The third kappa shape index (κ3) is 4.33. The molecule has 0 aliphatic carbocycles. The minimum absolute atomic E-state index is 0.105. The molecule has 0 N–H and O–H groups in total. The normalized spacial score (nSPS) is 18.1. The van der Waals surface area contributed by atoms with Crippen molar-refractivity contribution in [2.24, 2.45) is 0 Å². The van der Waals surface area contributed by atoms with E-state index in [9.17, 15) is 0 Å². The zero-order valence-electron chi connectivity index (χ0n) is 14.6. The number of morpholine rings is 1. The Balaban J connectivity index is 1.41. The van der Waals surface area contributed by atoms with Crippen LogP contribution in [0.3, 0.4) is 0 Å². The fourth-order valence-corrected chi connectivity index (χ4v) is 3.52. The molecule has 134 valence electrons. The van der Waals surface area contributed by atoms with Gasteiger partial charge in [0.05, 0.1) is 19.3 Å². The van der Waals surface area contributed by atoms with E-state index in [0.29, 0.717) is 0 Å². The summed E-state index contributed by atoms with van der Waals surface area (Å²) in [5.74, 6) is 0. The van der Waals surface area contributed by atoms with Crippen molar-refractivity contribution in [3.63, 3.8) is 0 Å². The highest BCUT2D eigenvalue weighted by molar-refractivity contribution is 6.30. The molecule has 1 aliphatic rings. The summed E-state index contributed by atoms with van der Waals surface area (Å²) in [7, 11) is 0. The Hall–Kier alpha value is -2.14. The maximum absolute atomic E-state index is 5.99. The van der Waals surface area contributed by atoms with E-state index in [4.69, 9.17) is 16.3 Å². The molecule has 0 unspecified atom stereocenters. The Morgan fingerprint density at radius 1 is 1.04 bits per heavy atom. The molecule has 1 aromatic heterocycles. The molecule has 1 fully saturated rings. The van der Waals surface area contributed by atoms with Crippen LogP contribution in [0.15, 0.2) is 67.0 Å². The number of halogens is 1. The maximum atomic E-state index is 5.99. The summed E-state index contributed by atoms with van der Waals surface area (Å²) in [6.07, 6.45) is 3.91. The quantitative estimate of drug-likeness (QED) is 0.678. The lowest BCUT2D eigenvalue weighted by atomic mass is 10.1. The van der Waals surface area contributed by atoms with Gasteiger partial charge in [-0.3, -0.25) is 9.58 Å². The smallest absolute Gasteiger partial charge is 0.0952 e. The maximum Gasteiger partial charge on any atom is 0.0952 e. The molecule has 26 heavy (non-hydrogen) atoms. The van der Waals surface area contributed by atoms with E-state index < -0.39 is 0 Å². The zero-order chi connectivity index (χ0) is 17.8. The van der Waals surface area contributed by atoms with E-state index in [1.807, 2.05) is 35.3 Å². The predicted molar refractivity (Wildman–Crippen MR) is 103 cm³/mol. The Morgan fingerprint density at radius 2 is 1.85 bits per heavy atom. The second-order valence-electron chi connectivity index (χ2n) is 6.67. The molecular formula is C21H22ClN3O. The third-order valence-electron chi connectivity index (χ3n) is 4.69. The third-order valence-corrected chi connectivity index (χ3v) is 4.95. The van der Waals surface area contributed by atoms with Gasteiger partial charge >= 0.3 is 0 Å². The van der Waals surface area contributed by atoms with Crippen molar-refractivity contribution in [2.75, 3.05) is 19.7 Å². The molecule has 0 amide bonds. The van der Waals surface area contributed by atoms with Crippen molar-refractivity contribution in [1.82, 2.24) is 14.7 Å². The minimum Gasteiger partial charge on any atom is -0.371 e. The summed E-state index contributed by atoms with van der Waals surface area (Å²) in [6.45, 7) is 4.33. The van der Waals surface area contributed by atoms with Crippen LogP contribution in [-0.4, -0.2) is 34.4 Å². The summed E-state index contributed by atoms with van der Waals surface area (Å²) in [5.41, 5.74) is 3.78. The van der Waals surface area contributed by atoms with Crippen molar-refractivity contribution >= 4 is 11.6 Å². The zero-order valence-corrected chi connectivity index (χ0v) is 15.3. The van der Waals surface area contributed by atoms with Crippen LogP contribution in [0.5, 0.6) is 0 Å². The predicted octanol–water partition coefficient (Wildman–Crippen LogP) is 4.16. The second kappa shape index (κ2) is 8.04. The first-order chi connectivity index (χ1) is 12.8. The molecule has 2 aromatic carbocycles.